The Morgan fingerprint density at radius 2 is 0.988 bits per heavy atom. The van der Waals surface area contributed by atoms with Gasteiger partial charge < -0.3 is 87.3 Å². The molecule has 1 aliphatic rings. The van der Waals surface area contributed by atoms with Crippen molar-refractivity contribution in [1.29, 1.82) is 0 Å². The third-order valence-corrected chi connectivity index (χ3v) is 13.9. The molecule has 0 aromatic heterocycles. The summed E-state index contributed by atoms with van der Waals surface area (Å²) in [7, 11) is 0. The molecule has 17 N–H and O–H groups in total. The zero-order valence-electron chi connectivity index (χ0n) is 49.8. The summed E-state index contributed by atoms with van der Waals surface area (Å²) in [6.45, 7) is 7.98. The maximum Gasteiger partial charge on any atom is 0.331 e. The molecule has 1 saturated heterocycles. The van der Waals surface area contributed by atoms with Gasteiger partial charge in [-0.2, -0.15) is 0 Å². The Hall–Kier alpha value is -5.20. The van der Waals surface area contributed by atoms with Gasteiger partial charge in [-0.1, -0.05) is 173 Å². The fraction of sp³-hybridized carbons (Fsp3) is 0.569. The number of carboxylic acid groups (broad SMARTS) is 1. The lowest BCUT2D eigenvalue weighted by atomic mass is 9.87. The molecule has 1 heterocycles. The summed E-state index contributed by atoms with van der Waals surface area (Å²) >= 11 is 0. The van der Waals surface area contributed by atoms with Gasteiger partial charge in [0.15, 0.2) is 11.7 Å². The lowest BCUT2D eigenvalue weighted by Crippen LogP contribution is -2.46. The number of allylic oxidation sites excluding steroid dienone is 16. The summed E-state index contributed by atoms with van der Waals surface area (Å²) in [4.78, 5) is 14.6. The molecule has 0 amide bonds. The number of carbonyl (C=O) groups is 1. The van der Waals surface area contributed by atoms with Gasteiger partial charge in [-0.3, -0.25) is 4.99 Å². The average Bonchev–Trinajstić information content (AvgIpc) is 3.00. The van der Waals surface area contributed by atoms with Gasteiger partial charge in [-0.15, -0.1) is 0 Å². The fourth-order valence-corrected chi connectivity index (χ4v) is 8.83. The molecule has 1 rings (SSSR count). The number of rotatable bonds is 45. The van der Waals surface area contributed by atoms with Crippen LogP contribution in [0, 0.1) is 17.8 Å². The molecule has 15 atom stereocenters. The molecule has 1 fully saturated rings. The molecular formula is C65H103N3O16. The summed E-state index contributed by atoms with van der Waals surface area (Å²) in [6.07, 6.45) is 35.6. The Kier molecular flexibility index (Phi) is 42.1. The van der Waals surface area contributed by atoms with Gasteiger partial charge in [0.2, 0.25) is 0 Å². The Morgan fingerprint density at radius 1 is 0.524 bits per heavy atom. The fourth-order valence-electron chi connectivity index (χ4n) is 8.83. The highest BCUT2D eigenvalue weighted by atomic mass is 16.7. The molecule has 19 heteroatoms. The van der Waals surface area contributed by atoms with Crippen molar-refractivity contribution in [3.63, 3.8) is 0 Å². The summed E-state index contributed by atoms with van der Waals surface area (Å²) in [5.41, 5.74) is 10.8. The van der Waals surface area contributed by atoms with Gasteiger partial charge in [0, 0.05) is 55.6 Å². The summed E-state index contributed by atoms with van der Waals surface area (Å²) in [5.74, 6) is -3.30. The first-order valence-corrected chi connectivity index (χ1v) is 29.4. The second-order valence-corrected chi connectivity index (χ2v) is 21.6. The van der Waals surface area contributed by atoms with Gasteiger partial charge in [-0.25, -0.2) is 4.79 Å². The van der Waals surface area contributed by atoms with Gasteiger partial charge in [0.1, 0.15) is 0 Å². The van der Waals surface area contributed by atoms with Crippen molar-refractivity contribution in [3.05, 3.63) is 157 Å². The number of aliphatic hydroxyl groups is 12. The van der Waals surface area contributed by atoms with Crippen LogP contribution in [-0.4, -0.2) is 177 Å². The van der Waals surface area contributed by atoms with E-state index < -0.39 is 90.9 Å². The molecule has 1 aliphatic heterocycles. The number of hydrogen-bond donors (Lipinski definition) is 15. The summed E-state index contributed by atoms with van der Waals surface area (Å²) in [5, 5.41) is 135. The topological polar surface area (TPSA) is 363 Å². The van der Waals surface area contributed by atoms with Crippen molar-refractivity contribution < 1.29 is 80.7 Å². The van der Waals surface area contributed by atoms with Crippen LogP contribution in [-0.2, 0) is 14.3 Å². The van der Waals surface area contributed by atoms with Crippen LogP contribution in [0.4, 0.5) is 0 Å². The van der Waals surface area contributed by atoms with Crippen LogP contribution in [0.5, 0.6) is 0 Å². The Bertz CT molecular complexity index is 2200. The monoisotopic (exact) mass is 1180 g/mol. The SMILES string of the molecule is CC(=CC=CC=CCCC=CC(C)C(O)C(C)C(O)C=CC=CC=CC=CC=CC=CCC(O)C(C)C1(CC(O)CC(O)C=CCC(O)CC(O)CC(O)C=CCC(O)CC(O)C=CCC(O)CC(O)CCCN=C(N)N)OCCO1)C(=O)O. The normalized spacial score (nSPS) is 20.5. The first-order valence-electron chi connectivity index (χ1n) is 29.4. The standard InChI is InChI=1S/C65H103N3O16/c1-47(27-19-15-11-10-12-16-20-28-48(2)63(81)82)62(80)49(3)60(78)36-21-17-13-8-6-5-7-9-14-18-22-37-61(79)50(4)65(83-39-40-84-65)46-59(77)45-56(74)34-25-33-55(73)44-58(76)43-54(72)32-24-31-52(70)41-51(69)29-23-30-53(71)42-57(75)35-26-38-68-64(66)67/h5-10,12-14,16-25,27-29,32,34,36,47,49-62,69-80H,11,15,26,30-31,33,35,37-46H2,1-4H3,(H,81,82)(H4,66,67,68). The van der Waals surface area contributed by atoms with Crippen LogP contribution in [0.15, 0.2) is 162 Å². The van der Waals surface area contributed by atoms with Crippen molar-refractivity contribution in [1.82, 2.24) is 0 Å². The first-order chi connectivity index (χ1) is 40.0. The average molecular weight is 1180 g/mol. The Balaban J connectivity index is 2.43. The molecule has 0 spiro atoms. The van der Waals surface area contributed by atoms with Crippen LogP contribution in [0.3, 0.4) is 0 Å². The van der Waals surface area contributed by atoms with Crippen LogP contribution in [0.1, 0.15) is 118 Å². The predicted octanol–water partition coefficient (Wildman–Crippen LogP) is 5.41. The van der Waals surface area contributed by atoms with E-state index in [1.165, 1.54) is 37.3 Å². The number of nitrogens with two attached hydrogens (primary N) is 2. The molecule has 474 valence electrons. The predicted molar refractivity (Wildman–Crippen MR) is 331 cm³/mol. The van der Waals surface area contributed by atoms with Crippen molar-refractivity contribution in [2.24, 2.45) is 34.2 Å². The zero-order chi connectivity index (χ0) is 62.7. The van der Waals surface area contributed by atoms with Gasteiger partial charge in [0.05, 0.1) is 86.5 Å². The molecule has 19 nitrogen and oxygen atoms in total. The highest BCUT2D eigenvalue weighted by Gasteiger charge is 2.46. The quantitative estimate of drug-likeness (QED) is 0.00905. The number of aliphatic hydroxyl groups excluding tert-OH is 12. The summed E-state index contributed by atoms with van der Waals surface area (Å²) < 4.78 is 11.9. The minimum Gasteiger partial charge on any atom is -0.478 e. The Labute approximate surface area is 498 Å². The van der Waals surface area contributed by atoms with E-state index in [1.54, 1.807) is 56.4 Å². The minimum atomic E-state index is -1.27. The molecule has 0 aliphatic carbocycles. The van der Waals surface area contributed by atoms with E-state index in [0.717, 1.165) is 12.8 Å². The van der Waals surface area contributed by atoms with E-state index in [-0.39, 0.29) is 94.4 Å². The second kappa shape index (κ2) is 46.1. The van der Waals surface area contributed by atoms with Crippen molar-refractivity contribution in [3.8, 4) is 0 Å². The lowest BCUT2D eigenvalue weighted by Gasteiger charge is -2.37. The molecule has 15 unspecified atom stereocenters. The smallest absolute Gasteiger partial charge is 0.331 e. The van der Waals surface area contributed by atoms with Crippen LogP contribution in [0.25, 0.3) is 0 Å². The van der Waals surface area contributed by atoms with Gasteiger partial charge >= 0.3 is 5.97 Å². The van der Waals surface area contributed by atoms with E-state index in [1.807, 2.05) is 85.9 Å². The summed E-state index contributed by atoms with van der Waals surface area (Å²) in [6, 6.07) is 0. The lowest BCUT2D eigenvalue weighted by molar-refractivity contribution is -0.227. The van der Waals surface area contributed by atoms with Crippen molar-refractivity contribution in [2.45, 2.75) is 197 Å². The van der Waals surface area contributed by atoms with E-state index in [0.29, 0.717) is 25.8 Å². The number of hydrogen-bond acceptors (Lipinski definition) is 16. The van der Waals surface area contributed by atoms with E-state index in [4.69, 9.17) is 26.0 Å². The molecular weight excluding hydrogens is 1080 g/mol. The maximum atomic E-state index is 11.1. The number of guanidine groups is 1. The molecule has 0 radical (unpaired) electrons. The number of unbranched alkanes of at least 4 members (excludes halogenated alkanes) is 1. The molecule has 0 aromatic carbocycles. The number of aliphatic imine (C=N–C) groups is 1. The van der Waals surface area contributed by atoms with E-state index in [2.05, 4.69) is 4.99 Å². The molecule has 84 heavy (non-hydrogen) atoms. The first kappa shape index (κ1) is 76.8. The minimum absolute atomic E-state index is 0.00176. The number of aliphatic carboxylic acids is 1. The number of nitrogens with zero attached hydrogens (tertiary/aromatic N) is 1. The Morgan fingerprint density at radius 3 is 1.54 bits per heavy atom. The third-order valence-electron chi connectivity index (χ3n) is 13.9. The van der Waals surface area contributed by atoms with Gasteiger partial charge in [-0.05, 0) is 71.1 Å². The van der Waals surface area contributed by atoms with Crippen molar-refractivity contribution in [2.75, 3.05) is 19.8 Å². The van der Waals surface area contributed by atoms with Crippen LogP contribution < -0.4 is 11.5 Å². The van der Waals surface area contributed by atoms with E-state index >= 15 is 0 Å². The van der Waals surface area contributed by atoms with Gasteiger partial charge in [0.25, 0.3) is 0 Å². The second-order valence-electron chi connectivity index (χ2n) is 21.6. The molecule has 0 bridgehead atoms. The van der Waals surface area contributed by atoms with E-state index in [9.17, 15) is 66.1 Å². The van der Waals surface area contributed by atoms with Crippen LogP contribution >= 0.6 is 0 Å². The molecule has 0 saturated carbocycles. The highest BCUT2D eigenvalue weighted by molar-refractivity contribution is 5.86. The third kappa shape index (κ3) is 38.0. The van der Waals surface area contributed by atoms with Crippen LogP contribution in [0.2, 0.25) is 0 Å². The number of carboxylic acids is 1. The maximum absolute atomic E-state index is 11.1. The number of ether oxygens (including phenoxy) is 2. The van der Waals surface area contributed by atoms with Crippen molar-refractivity contribution >= 4 is 11.9 Å². The zero-order valence-corrected chi connectivity index (χ0v) is 49.8. The largest absolute Gasteiger partial charge is 0.478 e. The highest BCUT2D eigenvalue weighted by Crippen LogP contribution is 2.36. The molecule has 0 aromatic rings.